The fraction of sp³-hybridized carbons (Fsp3) is 0.733. The van der Waals surface area contributed by atoms with Crippen LogP contribution >= 0.6 is 0 Å². The number of amides is 1. The Bertz CT molecular complexity index is 437. The van der Waals surface area contributed by atoms with Gasteiger partial charge in [0.1, 0.15) is 5.69 Å². The van der Waals surface area contributed by atoms with Crippen molar-refractivity contribution in [3.8, 4) is 0 Å². The normalized spacial score (nSPS) is 11.7. The molecular formula is C15H28N4O. The predicted molar refractivity (Wildman–Crippen MR) is 81.7 cm³/mol. The summed E-state index contributed by atoms with van der Waals surface area (Å²) in [4.78, 5) is 14.4. The molecule has 1 aromatic heterocycles. The van der Waals surface area contributed by atoms with E-state index in [2.05, 4.69) is 36.1 Å². The molecule has 1 heterocycles. The molecule has 0 saturated carbocycles. The number of nitrogens with one attached hydrogen (secondary N) is 1. The van der Waals surface area contributed by atoms with Gasteiger partial charge in [-0.05, 0) is 47.2 Å². The predicted octanol–water partition coefficient (Wildman–Crippen LogP) is 2.27. The molecule has 0 aromatic carbocycles. The minimum absolute atomic E-state index is 0.0963. The summed E-state index contributed by atoms with van der Waals surface area (Å²) < 4.78 is 1.92. The Morgan fingerprint density at radius 2 is 2.00 bits per heavy atom. The van der Waals surface area contributed by atoms with E-state index >= 15 is 0 Å². The first-order valence-corrected chi connectivity index (χ1v) is 7.50. The molecule has 0 aliphatic heterocycles. The average molecular weight is 280 g/mol. The molecule has 0 aliphatic rings. The summed E-state index contributed by atoms with van der Waals surface area (Å²) in [6.45, 7) is 15.1. The van der Waals surface area contributed by atoms with Crippen molar-refractivity contribution in [2.24, 2.45) is 0 Å². The van der Waals surface area contributed by atoms with Gasteiger partial charge >= 0.3 is 0 Å². The van der Waals surface area contributed by atoms with E-state index in [1.807, 2.05) is 31.5 Å². The van der Waals surface area contributed by atoms with Gasteiger partial charge in [0, 0.05) is 25.2 Å². The topological polar surface area (TPSA) is 50.2 Å². The van der Waals surface area contributed by atoms with E-state index in [0.29, 0.717) is 11.7 Å². The van der Waals surface area contributed by atoms with Crippen LogP contribution in [0.2, 0.25) is 0 Å². The van der Waals surface area contributed by atoms with Crippen molar-refractivity contribution < 1.29 is 4.79 Å². The zero-order valence-electron chi connectivity index (χ0n) is 13.6. The molecular weight excluding hydrogens is 252 g/mol. The zero-order valence-corrected chi connectivity index (χ0v) is 13.6. The highest BCUT2D eigenvalue weighted by Crippen LogP contribution is 2.11. The minimum atomic E-state index is -0.0963. The first-order chi connectivity index (χ1) is 9.38. The number of carbonyl (C=O) groups is 1. The lowest BCUT2D eigenvalue weighted by Crippen LogP contribution is -2.31. The van der Waals surface area contributed by atoms with Gasteiger partial charge in [-0.1, -0.05) is 6.92 Å². The smallest absolute Gasteiger partial charge is 0.271 e. The van der Waals surface area contributed by atoms with Crippen LogP contribution in [0.15, 0.2) is 6.07 Å². The maximum atomic E-state index is 12.0. The summed E-state index contributed by atoms with van der Waals surface area (Å²) in [5, 5.41) is 7.29. The van der Waals surface area contributed by atoms with Crippen LogP contribution in [0.5, 0.6) is 0 Å². The SMILES string of the molecule is CCN(Cc1cc(C(=O)NC(C)C)nn1CC)C(C)C. The standard InChI is InChI=1S/C15H28N4O/c1-7-18(12(5)6)10-13-9-14(17-19(13)8-2)15(20)16-11(3)4/h9,11-12H,7-8,10H2,1-6H3,(H,16,20). The van der Waals surface area contributed by atoms with Crippen LogP contribution in [0.4, 0.5) is 0 Å². The largest absolute Gasteiger partial charge is 0.348 e. The Morgan fingerprint density at radius 1 is 1.35 bits per heavy atom. The lowest BCUT2D eigenvalue weighted by atomic mass is 10.2. The van der Waals surface area contributed by atoms with E-state index in [1.165, 1.54) is 0 Å². The van der Waals surface area contributed by atoms with Gasteiger partial charge in [-0.2, -0.15) is 5.10 Å². The highest BCUT2D eigenvalue weighted by molar-refractivity contribution is 5.92. The third-order valence-electron chi connectivity index (χ3n) is 3.32. The van der Waals surface area contributed by atoms with Crippen LogP contribution in [-0.4, -0.2) is 39.2 Å². The van der Waals surface area contributed by atoms with Gasteiger partial charge in [0.2, 0.25) is 0 Å². The van der Waals surface area contributed by atoms with Crippen molar-refractivity contribution in [1.82, 2.24) is 20.0 Å². The molecule has 1 amide bonds. The second-order valence-electron chi connectivity index (χ2n) is 5.62. The minimum Gasteiger partial charge on any atom is -0.348 e. The molecule has 1 N–H and O–H groups in total. The van der Waals surface area contributed by atoms with Gasteiger partial charge in [0.25, 0.3) is 5.91 Å². The van der Waals surface area contributed by atoms with Gasteiger partial charge in [-0.25, -0.2) is 0 Å². The molecule has 0 unspecified atom stereocenters. The maximum absolute atomic E-state index is 12.0. The summed E-state index contributed by atoms with van der Waals surface area (Å²) in [6, 6.07) is 2.51. The number of hydrogen-bond donors (Lipinski definition) is 1. The molecule has 0 radical (unpaired) electrons. The van der Waals surface area contributed by atoms with Crippen molar-refractivity contribution in [2.45, 2.75) is 66.7 Å². The van der Waals surface area contributed by atoms with E-state index in [1.54, 1.807) is 0 Å². The Morgan fingerprint density at radius 3 is 2.45 bits per heavy atom. The Balaban J connectivity index is 2.91. The average Bonchev–Trinajstić information content (AvgIpc) is 2.77. The molecule has 0 fully saturated rings. The van der Waals surface area contributed by atoms with E-state index in [0.717, 1.165) is 25.3 Å². The highest BCUT2D eigenvalue weighted by atomic mass is 16.2. The molecule has 1 aromatic rings. The highest BCUT2D eigenvalue weighted by Gasteiger charge is 2.17. The lowest BCUT2D eigenvalue weighted by Gasteiger charge is -2.24. The van der Waals surface area contributed by atoms with Crippen molar-refractivity contribution >= 4 is 5.91 Å². The molecule has 5 nitrogen and oxygen atoms in total. The van der Waals surface area contributed by atoms with Gasteiger partial charge in [-0.15, -0.1) is 0 Å². The number of aromatic nitrogens is 2. The van der Waals surface area contributed by atoms with Crippen molar-refractivity contribution in [1.29, 1.82) is 0 Å². The first-order valence-electron chi connectivity index (χ1n) is 7.50. The molecule has 0 aliphatic carbocycles. The van der Waals surface area contributed by atoms with Gasteiger partial charge in [-0.3, -0.25) is 14.4 Å². The van der Waals surface area contributed by atoms with Crippen LogP contribution in [-0.2, 0) is 13.1 Å². The van der Waals surface area contributed by atoms with Gasteiger partial charge < -0.3 is 5.32 Å². The summed E-state index contributed by atoms with van der Waals surface area (Å²) in [5.74, 6) is -0.0963. The Labute approximate surface area is 122 Å². The summed E-state index contributed by atoms with van der Waals surface area (Å²) >= 11 is 0. The number of hydrogen-bond acceptors (Lipinski definition) is 3. The third-order valence-corrected chi connectivity index (χ3v) is 3.32. The van der Waals surface area contributed by atoms with Crippen LogP contribution < -0.4 is 5.32 Å². The molecule has 1 rings (SSSR count). The van der Waals surface area contributed by atoms with Crippen molar-refractivity contribution in [3.63, 3.8) is 0 Å². The van der Waals surface area contributed by atoms with Crippen LogP contribution in [0, 0.1) is 0 Å². The van der Waals surface area contributed by atoms with Crippen molar-refractivity contribution in [2.75, 3.05) is 6.54 Å². The molecule has 0 bridgehead atoms. The monoisotopic (exact) mass is 280 g/mol. The number of carbonyl (C=O) groups excluding carboxylic acids is 1. The van der Waals surface area contributed by atoms with Crippen LogP contribution in [0.25, 0.3) is 0 Å². The lowest BCUT2D eigenvalue weighted by molar-refractivity contribution is 0.0937. The fourth-order valence-electron chi connectivity index (χ4n) is 2.17. The molecule has 114 valence electrons. The molecule has 0 saturated heterocycles. The van der Waals surface area contributed by atoms with Gasteiger partial charge in [0.05, 0.1) is 5.69 Å². The van der Waals surface area contributed by atoms with Gasteiger partial charge in [0.15, 0.2) is 0 Å². The van der Waals surface area contributed by atoms with E-state index in [4.69, 9.17) is 0 Å². The Hall–Kier alpha value is -1.36. The van der Waals surface area contributed by atoms with E-state index in [-0.39, 0.29) is 11.9 Å². The second kappa shape index (κ2) is 7.43. The van der Waals surface area contributed by atoms with Crippen LogP contribution in [0.1, 0.15) is 57.7 Å². The fourth-order valence-corrected chi connectivity index (χ4v) is 2.17. The summed E-state index contributed by atoms with van der Waals surface area (Å²) in [5.41, 5.74) is 1.60. The van der Waals surface area contributed by atoms with Crippen LogP contribution in [0.3, 0.4) is 0 Å². The summed E-state index contributed by atoms with van der Waals surface area (Å²) in [6.07, 6.45) is 0. The van der Waals surface area contributed by atoms with Crippen molar-refractivity contribution in [3.05, 3.63) is 17.5 Å². The molecule has 0 spiro atoms. The molecule has 5 heteroatoms. The van der Waals surface area contributed by atoms with E-state index < -0.39 is 0 Å². The first kappa shape index (κ1) is 16.7. The molecule has 20 heavy (non-hydrogen) atoms. The quantitative estimate of drug-likeness (QED) is 0.833. The number of nitrogens with zero attached hydrogens (tertiary/aromatic N) is 3. The number of aryl methyl sites for hydroxylation is 1. The second-order valence-corrected chi connectivity index (χ2v) is 5.62. The third kappa shape index (κ3) is 4.34. The zero-order chi connectivity index (χ0) is 15.3. The summed E-state index contributed by atoms with van der Waals surface area (Å²) in [7, 11) is 0. The maximum Gasteiger partial charge on any atom is 0.271 e. The number of rotatable bonds is 7. The Kier molecular flexibility index (Phi) is 6.20. The molecule has 0 atom stereocenters. The van der Waals surface area contributed by atoms with E-state index in [9.17, 15) is 4.79 Å².